The number of anilines is 1. The maximum Gasteiger partial charge on any atom is 0.319 e. The molecule has 2 N–H and O–H groups in total. The zero-order valence-electron chi connectivity index (χ0n) is 18.3. The van der Waals surface area contributed by atoms with Crippen LogP contribution in [0.3, 0.4) is 0 Å². The summed E-state index contributed by atoms with van der Waals surface area (Å²) in [7, 11) is 1.12. The highest BCUT2D eigenvalue weighted by Gasteiger charge is 2.45. The summed E-state index contributed by atoms with van der Waals surface area (Å²) in [6, 6.07) is 13.1. The van der Waals surface area contributed by atoms with Crippen molar-refractivity contribution in [2.24, 2.45) is 5.92 Å². The Morgan fingerprint density at radius 1 is 1.21 bits per heavy atom. The second-order valence-corrected chi connectivity index (χ2v) is 8.47. The van der Waals surface area contributed by atoms with Crippen LogP contribution in [0.2, 0.25) is 0 Å². The number of benzene rings is 2. The smallest absolute Gasteiger partial charge is 0.319 e. The third kappa shape index (κ3) is 5.23. The van der Waals surface area contributed by atoms with E-state index in [4.69, 9.17) is 4.74 Å². The summed E-state index contributed by atoms with van der Waals surface area (Å²) >= 11 is 0.933. The Hall–Kier alpha value is -3.64. The topological polar surface area (TPSA) is 108 Å². The van der Waals surface area contributed by atoms with E-state index in [9.17, 15) is 24.0 Å². The lowest BCUT2D eigenvalue weighted by atomic mass is 9.78. The number of rotatable bonds is 6. The highest BCUT2D eigenvalue weighted by atomic mass is 32.2. The monoisotopic (exact) mass is 467 g/mol. The van der Waals surface area contributed by atoms with Crippen LogP contribution in [-0.2, 0) is 19.1 Å². The first-order valence-electron chi connectivity index (χ1n) is 10.0. The van der Waals surface area contributed by atoms with Gasteiger partial charge in [-0.25, -0.2) is 4.39 Å². The van der Waals surface area contributed by atoms with Gasteiger partial charge in [0.1, 0.15) is 11.7 Å². The average Bonchev–Trinajstić information content (AvgIpc) is 2.79. The zero-order valence-corrected chi connectivity index (χ0v) is 19.1. The van der Waals surface area contributed by atoms with Gasteiger partial charge >= 0.3 is 5.97 Å². The fraction of sp³-hybridized carbons (Fsp3) is 0.250. The van der Waals surface area contributed by atoms with Crippen molar-refractivity contribution in [2.45, 2.75) is 19.8 Å². The van der Waals surface area contributed by atoms with Crippen LogP contribution in [0.1, 0.15) is 22.6 Å². The number of carbonyl (C=O) groups excluding carboxylic acids is 3. The first-order valence-corrected chi connectivity index (χ1v) is 11.0. The van der Waals surface area contributed by atoms with Gasteiger partial charge in [0.05, 0.1) is 29.5 Å². The standard InChI is InChI=1S/C24H22FN3O4S/c1-13-8-9-15(10-14(13)2)27-19(29)12-33-23-17(11-26)20(16-6-4-5-7-18(16)25)21(22(30)28-23)24(31)32-3/h4-10,20-21H,12H2,1-3H3,(H,27,29)(H,28,30). The van der Waals surface area contributed by atoms with Gasteiger partial charge in [-0.05, 0) is 48.7 Å². The predicted molar refractivity (Wildman–Crippen MR) is 122 cm³/mol. The highest BCUT2D eigenvalue weighted by molar-refractivity contribution is 8.03. The first-order chi connectivity index (χ1) is 15.8. The van der Waals surface area contributed by atoms with Gasteiger partial charge in [-0.3, -0.25) is 14.4 Å². The van der Waals surface area contributed by atoms with Gasteiger partial charge in [0.15, 0.2) is 0 Å². The van der Waals surface area contributed by atoms with Crippen LogP contribution in [0.25, 0.3) is 0 Å². The van der Waals surface area contributed by atoms with Crippen LogP contribution < -0.4 is 10.6 Å². The maximum absolute atomic E-state index is 14.6. The Bertz CT molecular complexity index is 1190. The molecule has 9 heteroatoms. The van der Waals surface area contributed by atoms with E-state index in [2.05, 4.69) is 10.6 Å². The van der Waals surface area contributed by atoms with Crippen LogP contribution in [0.5, 0.6) is 0 Å². The number of nitrogens with zero attached hydrogens (tertiary/aromatic N) is 1. The van der Waals surface area contributed by atoms with Crippen molar-refractivity contribution in [1.29, 1.82) is 5.26 Å². The fourth-order valence-electron chi connectivity index (χ4n) is 3.54. The van der Waals surface area contributed by atoms with Gasteiger partial charge < -0.3 is 15.4 Å². The summed E-state index contributed by atoms with van der Waals surface area (Å²) in [6.45, 7) is 3.90. The minimum Gasteiger partial charge on any atom is -0.468 e. The van der Waals surface area contributed by atoms with E-state index in [1.165, 1.54) is 18.2 Å². The number of hydrogen-bond acceptors (Lipinski definition) is 6. The van der Waals surface area contributed by atoms with Crippen molar-refractivity contribution >= 4 is 35.2 Å². The quantitative estimate of drug-likeness (QED) is 0.497. The number of thioether (sulfide) groups is 1. The average molecular weight is 468 g/mol. The lowest BCUT2D eigenvalue weighted by molar-refractivity contribution is -0.150. The molecule has 0 bridgehead atoms. The van der Waals surface area contributed by atoms with Gasteiger partial charge in [0.2, 0.25) is 11.8 Å². The Labute approximate surface area is 195 Å². The number of carbonyl (C=O) groups is 3. The van der Waals surface area contributed by atoms with Crippen molar-refractivity contribution in [3.8, 4) is 6.07 Å². The molecule has 2 aromatic carbocycles. The van der Waals surface area contributed by atoms with Crippen LogP contribution in [-0.4, -0.2) is 30.6 Å². The summed E-state index contributed by atoms with van der Waals surface area (Å²) in [6.07, 6.45) is 0. The van der Waals surface area contributed by atoms with E-state index in [0.29, 0.717) is 5.69 Å². The number of nitrogens with one attached hydrogen (secondary N) is 2. The van der Waals surface area contributed by atoms with Crippen molar-refractivity contribution in [3.63, 3.8) is 0 Å². The molecule has 0 radical (unpaired) electrons. The van der Waals surface area contributed by atoms with E-state index in [0.717, 1.165) is 30.0 Å². The zero-order chi connectivity index (χ0) is 24.1. The molecule has 33 heavy (non-hydrogen) atoms. The molecular formula is C24H22FN3O4S. The van der Waals surface area contributed by atoms with E-state index in [1.54, 1.807) is 12.1 Å². The van der Waals surface area contributed by atoms with Gasteiger partial charge in [0, 0.05) is 11.6 Å². The van der Waals surface area contributed by atoms with E-state index >= 15 is 0 Å². The summed E-state index contributed by atoms with van der Waals surface area (Å²) in [5.74, 6) is -5.34. The number of hydrogen-bond donors (Lipinski definition) is 2. The predicted octanol–water partition coefficient (Wildman–Crippen LogP) is 3.55. The molecule has 170 valence electrons. The summed E-state index contributed by atoms with van der Waals surface area (Å²) in [4.78, 5) is 37.6. The molecule has 0 saturated carbocycles. The fourth-order valence-corrected chi connectivity index (χ4v) is 4.39. The van der Waals surface area contributed by atoms with E-state index in [1.807, 2.05) is 32.0 Å². The largest absolute Gasteiger partial charge is 0.468 e. The maximum atomic E-state index is 14.6. The lowest BCUT2D eigenvalue weighted by Gasteiger charge is -2.31. The van der Waals surface area contributed by atoms with Crippen LogP contribution in [0.4, 0.5) is 10.1 Å². The number of esters is 1. The van der Waals surface area contributed by atoms with Crippen LogP contribution >= 0.6 is 11.8 Å². The highest BCUT2D eigenvalue weighted by Crippen LogP contribution is 2.41. The number of nitriles is 1. The molecule has 2 amide bonds. The molecule has 1 aliphatic heterocycles. The van der Waals surface area contributed by atoms with Crippen molar-refractivity contribution in [1.82, 2.24) is 5.32 Å². The molecule has 0 saturated heterocycles. The molecule has 0 aliphatic carbocycles. The number of methoxy groups -OCH3 is 1. The van der Waals surface area contributed by atoms with E-state index in [-0.39, 0.29) is 27.8 Å². The second-order valence-electron chi connectivity index (χ2n) is 7.48. The molecule has 0 aromatic heterocycles. The van der Waals surface area contributed by atoms with Gasteiger partial charge in [-0.1, -0.05) is 36.0 Å². The molecule has 3 rings (SSSR count). The normalized spacial score (nSPS) is 17.7. The first kappa shape index (κ1) is 24.0. The molecule has 2 unspecified atom stereocenters. The minimum absolute atomic E-state index is 0.0147. The van der Waals surface area contributed by atoms with Gasteiger partial charge in [0.25, 0.3) is 0 Å². The van der Waals surface area contributed by atoms with Crippen molar-refractivity contribution in [2.75, 3.05) is 18.2 Å². The molecule has 2 aromatic rings. The number of ether oxygens (including phenoxy) is 1. The molecule has 0 spiro atoms. The van der Waals surface area contributed by atoms with Crippen LogP contribution in [0, 0.1) is 36.9 Å². The summed E-state index contributed by atoms with van der Waals surface area (Å²) < 4.78 is 19.3. The molecule has 1 aliphatic rings. The lowest BCUT2D eigenvalue weighted by Crippen LogP contribution is -2.44. The third-order valence-corrected chi connectivity index (χ3v) is 6.38. The second kappa shape index (κ2) is 10.3. The van der Waals surface area contributed by atoms with Crippen molar-refractivity contribution < 1.29 is 23.5 Å². The Balaban J connectivity index is 1.89. The number of allylic oxidation sites excluding steroid dienone is 1. The molecular weight excluding hydrogens is 445 g/mol. The Morgan fingerprint density at radius 3 is 2.58 bits per heavy atom. The van der Waals surface area contributed by atoms with Gasteiger partial charge in [-0.15, -0.1) is 0 Å². The summed E-state index contributed by atoms with van der Waals surface area (Å²) in [5.41, 5.74) is 2.75. The number of halogens is 1. The van der Waals surface area contributed by atoms with Crippen molar-refractivity contribution in [3.05, 3.63) is 75.6 Å². The Morgan fingerprint density at radius 2 is 1.94 bits per heavy atom. The molecule has 0 fully saturated rings. The van der Waals surface area contributed by atoms with E-state index < -0.39 is 29.5 Å². The molecule has 7 nitrogen and oxygen atoms in total. The minimum atomic E-state index is -1.43. The number of amides is 2. The van der Waals surface area contributed by atoms with Crippen LogP contribution in [0.15, 0.2) is 53.1 Å². The van der Waals surface area contributed by atoms with Gasteiger partial charge in [-0.2, -0.15) is 5.26 Å². The molecule has 2 atom stereocenters. The molecule has 1 heterocycles. The third-order valence-electron chi connectivity index (χ3n) is 5.36. The summed E-state index contributed by atoms with van der Waals surface area (Å²) in [5, 5.41) is 15.2. The Kier molecular flexibility index (Phi) is 7.51. The number of aryl methyl sites for hydroxylation is 2. The SMILES string of the molecule is COC(=O)C1C(=O)NC(SCC(=O)Nc2ccc(C)c(C)c2)=C(C#N)C1c1ccccc1F.